The summed E-state index contributed by atoms with van der Waals surface area (Å²) in [6, 6.07) is 45.8. The molecular formula is C43H43NO7S. The maximum atomic E-state index is 13.8. The van der Waals surface area contributed by atoms with E-state index in [1.54, 1.807) is 36.5 Å². The fourth-order valence-electron chi connectivity index (χ4n) is 6.88. The van der Waals surface area contributed by atoms with Gasteiger partial charge in [-0.05, 0) is 53.3 Å². The lowest BCUT2D eigenvalue weighted by Crippen LogP contribution is -2.61. The number of aryl methyl sites for hydroxylation is 1. The zero-order valence-corrected chi connectivity index (χ0v) is 29.6. The number of rotatable bonds is 15. The molecule has 0 unspecified atom stereocenters. The maximum Gasteiger partial charge on any atom is 0.268 e. The molecule has 1 aliphatic heterocycles. The van der Waals surface area contributed by atoms with Crippen LogP contribution < -0.4 is 0 Å². The van der Waals surface area contributed by atoms with E-state index in [0.29, 0.717) is 38.2 Å². The van der Waals surface area contributed by atoms with Gasteiger partial charge in [0.25, 0.3) is 10.0 Å². The van der Waals surface area contributed by atoms with Crippen LogP contribution in [0.2, 0.25) is 0 Å². The van der Waals surface area contributed by atoms with E-state index in [0.717, 1.165) is 27.6 Å². The van der Waals surface area contributed by atoms with Gasteiger partial charge in [-0.15, -0.1) is 0 Å². The van der Waals surface area contributed by atoms with Crippen LogP contribution >= 0.6 is 0 Å². The molecule has 5 aromatic carbocycles. The Labute approximate surface area is 305 Å². The molecule has 1 fully saturated rings. The van der Waals surface area contributed by atoms with Crippen molar-refractivity contribution in [1.29, 1.82) is 0 Å². The Hall–Kier alpha value is -4.61. The Bertz CT molecular complexity index is 2110. The topological polar surface area (TPSA) is 96.2 Å². The van der Waals surface area contributed by atoms with Crippen LogP contribution in [0.15, 0.2) is 157 Å². The lowest BCUT2D eigenvalue weighted by Gasteiger charge is -2.46. The van der Waals surface area contributed by atoms with E-state index in [1.807, 2.05) is 115 Å². The van der Waals surface area contributed by atoms with Crippen molar-refractivity contribution in [2.45, 2.75) is 68.1 Å². The minimum Gasteiger partial charge on any atom is -0.394 e. The van der Waals surface area contributed by atoms with Crippen molar-refractivity contribution in [2.75, 3.05) is 6.61 Å². The molecular weight excluding hydrogens is 675 g/mol. The molecule has 1 saturated heterocycles. The third-order valence-electron chi connectivity index (χ3n) is 9.52. The highest BCUT2D eigenvalue weighted by atomic mass is 32.2. The Morgan fingerprint density at radius 1 is 0.577 bits per heavy atom. The second-order valence-corrected chi connectivity index (χ2v) is 14.8. The molecule has 9 heteroatoms. The van der Waals surface area contributed by atoms with Crippen LogP contribution in [0.25, 0.3) is 10.9 Å². The number of hydrogen-bond donors (Lipinski definition) is 1. The van der Waals surface area contributed by atoms with Crippen LogP contribution in [0.5, 0.6) is 0 Å². The second-order valence-electron chi connectivity index (χ2n) is 13.0. The highest BCUT2D eigenvalue weighted by Gasteiger charge is 2.48. The zero-order valence-electron chi connectivity index (χ0n) is 28.8. The highest BCUT2D eigenvalue weighted by Crippen LogP contribution is 2.34. The quantitative estimate of drug-likeness (QED) is 0.119. The fourth-order valence-corrected chi connectivity index (χ4v) is 8.29. The van der Waals surface area contributed by atoms with Gasteiger partial charge in [-0.1, -0.05) is 127 Å². The number of aromatic nitrogens is 1. The molecule has 1 N–H and O–H groups in total. The van der Waals surface area contributed by atoms with Crippen LogP contribution in [0.4, 0.5) is 0 Å². The molecule has 268 valence electrons. The van der Waals surface area contributed by atoms with Crippen molar-refractivity contribution >= 4 is 20.9 Å². The third-order valence-corrected chi connectivity index (χ3v) is 11.2. The predicted octanol–water partition coefficient (Wildman–Crippen LogP) is 7.33. The average Bonchev–Trinajstić information content (AvgIpc) is 3.58. The molecule has 0 spiro atoms. The molecule has 5 atom stereocenters. The molecule has 0 radical (unpaired) electrons. The molecule has 0 amide bonds. The van der Waals surface area contributed by atoms with Crippen LogP contribution in [-0.2, 0) is 55.2 Å². The Kier molecular flexibility index (Phi) is 11.6. The van der Waals surface area contributed by atoms with Gasteiger partial charge >= 0.3 is 0 Å². The van der Waals surface area contributed by atoms with E-state index in [4.69, 9.17) is 18.9 Å². The van der Waals surface area contributed by atoms with Gasteiger partial charge in [-0.2, -0.15) is 0 Å². The number of aliphatic hydroxyl groups is 1. The summed E-state index contributed by atoms with van der Waals surface area (Å²) in [6.45, 7) is 0.668. The van der Waals surface area contributed by atoms with Crippen LogP contribution in [0, 0.1) is 0 Å². The van der Waals surface area contributed by atoms with Crippen LogP contribution in [-0.4, -0.2) is 54.6 Å². The summed E-state index contributed by atoms with van der Waals surface area (Å²) < 4.78 is 55.7. The summed E-state index contributed by atoms with van der Waals surface area (Å²) in [6.07, 6.45) is -0.314. The van der Waals surface area contributed by atoms with E-state index >= 15 is 0 Å². The van der Waals surface area contributed by atoms with Crippen molar-refractivity contribution < 1.29 is 32.5 Å². The average molecular weight is 718 g/mol. The van der Waals surface area contributed by atoms with E-state index in [9.17, 15) is 13.5 Å². The predicted molar refractivity (Wildman–Crippen MR) is 200 cm³/mol. The molecule has 1 aliphatic rings. The van der Waals surface area contributed by atoms with Crippen LogP contribution in [0.3, 0.4) is 0 Å². The van der Waals surface area contributed by atoms with Gasteiger partial charge in [0.2, 0.25) is 0 Å². The third kappa shape index (κ3) is 8.21. The molecule has 2 heterocycles. The van der Waals surface area contributed by atoms with Gasteiger partial charge in [0, 0.05) is 11.6 Å². The summed E-state index contributed by atoms with van der Waals surface area (Å²) in [5.41, 5.74) is 4.47. The maximum absolute atomic E-state index is 13.8. The van der Waals surface area contributed by atoms with E-state index in [1.165, 1.54) is 3.97 Å². The van der Waals surface area contributed by atoms with E-state index in [2.05, 4.69) is 0 Å². The number of ether oxygens (including phenoxy) is 4. The Morgan fingerprint density at radius 3 is 1.58 bits per heavy atom. The van der Waals surface area contributed by atoms with Gasteiger partial charge in [0.1, 0.15) is 24.4 Å². The summed E-state index contributed by atoms with van der Waals surface area (Å²) in [4.78, 5) is 0.220. The monoisotopic (exact) mass is 717 g/mol. The summed E-state index contributed by atoms with van der Waals surface area (Å²) in [7, 11) is -3.84. The van der Waals surface area contributed by atoms with E-state index in [-0.39, 0.29) is 11.5 Å². The summed E-state index contributed by atoms with van der Waals surface area (Å²) in [5.74, 6) is 0. The smallest absolute Gasteiger partial charge is 0.268 e. The first-order valence-electron chi connectivity index (χ1n) is 17.6. The van der Waals surface area contributed by atoms with Crippen molar-refractivity contribution in [2.24, 2.45) is 0 Å². The minimum absolute atomic E-state index is 0.220. The lowest BCUT2D eigenvalue weighted by atomic mass is 9.91. The SMILES string of the molecule is O=S(=O)(c1ccccc1)n1cc(CC[C@H]2O[C@@H](CO)[C@H](OCc3ccccc3)[C@@H](OCc3ccccc3)[C@@H]2OCc2ccccc2)c2ccccc21. The van der Waals surface area contributed by atoms with E-state index < -0.39 is 40.5 Å². The van der Waals surface area contributed by atoms with Gasteiger partial charge in [-0.25, -0.2) is 12.4 Å². The Morgan fingerprint density at radius 2 is 1.04 bits per heavy atom. The molecule has 6 aromatic rings. The molecule has 7 rings (SSSR count). The molecule has 8 nitrogen and oxygen atoms in total. The number of hydrogen-bond acceptors (Lipinski definition) is 7. The summed E-state index contributed by atoms with van der Waals surface area (Å²) >= 11 is 0. The first-order chi connectivity index (χ1) is 25.5. The number of benzene rings is 5. The molecule has 1 aromatic heterocycles. The fraction of sp³-hybridized carbons (Fsp3) is 0.256. The van der Waals surface area contributed by atoms with Gasteiger partial charge < -0.3 is 24.1 Å². The summed E-state index contributed by atoms with van der Waals surface area (Å²) in [5, 5.41) is 11.6. The van der Waals surface area contributed by atoms with Gasteiger partial charge in [0.05, 0.1) is 42.9 Å². The number of para-hydroxylation sites is 1. The highest BCUT2D eigenvalue weighted by molar-refractivity contribution is 7.90. The number of fused-ring (bicyclic) bond motifs is 1. The van der Waals surface area contributed by atoms with Crippen molar-refractivity contribution in [3.63, 3.8) is 0 Å². The lowest BCUT2D eigenvalue weighted by molar-refractivity contribution is -0.270. The molecule has 52 heavy (non-hydrogen) atoms. The first-order valence-corrected chi connectivity index (χ1v) is 19.1. The standard InChI is InChI=1S/C43H43NO7S/c45-28-40-42(49-30-33-17-7-2-8-18-33)43(50-31-34-19-9-3-10-20-34)41(48-29-32-15-5-1-6-16-32)39(51-40)26-25-35-27-44(38-24-14-13-23-37(35)38)52(46,47)36-21-11-4-12-22-36/h1-24,27,39-43,45H,25-26,28-31H2/t39-,40+,41-,42+,43+/m1/s1. The van der Waals surface area contributed by atoms with Crippen molar-refractivity contribution in [1.82, 2.24) is 3.97 Å². The van der Waals surface area contributed by atoms with Gasteiger partial charge in [-0.3, -0.25) is 0 Å². The van der Waals surface area contributed by atoms with Gasteiger partial charge in [0.15, 0.2) is 0 Å². The minimum atomic E-state index is -3.84. The van der Waals surface area contributed by atoms with Crippen molar-refractivity contribution in [3.05, 3.63) is 174 Å². The Balaban J connectivity index is 1.21. The second kappa shape index (κ2) is 16.8. The number of nitrogens with zero attached hydrogens (tertiary/aromatic N) is 1. The largest absolute Gasteiger partial charge is 0.394 e. The molecule has 0 bridgehead atoms. The number of aliphatic hydroxyl groups excluding tert-OH is 1. The first kappa shape index (κ1) is 35.8. The molecule has 0 aliphatic carbocycles. The van der Waals surface area contributed by atoms with Crippen LogP contribution in [0.1, 0.15) is 28.7 Å². The normalized spacial score (nSPS) is 20.6. The molecule has 0 saturated carbocycles. The zero-order chi connectivity index (χ0) is 35.8. The van der Waals surface area contributed by atoms with Crippen molar-refractivity contribution in [3.8, 4) is 0 Å².